The Balaban J connectivity index is 3.05. The summed E-state index contributed by atoms with van der Waals surface area (Å²) in [5.41, 5.74) is 3.21. The molecule has 0 bridgehead atoms. The number of allylic oxidation sites excluding steroid dienone is 2. The van der Waals surface area contributed by atoms with Crippen molar-refractivity contribution >= 4 is 12.2 Å². The van der Waals surface area contributed by atoms with Crippen molar-refractivity contribution in [1.29, 1.82) is 0 Å². The van der Waals surface area contributed by atoms with E-state index in [1.807, 2.05) is 6.08 Å². The van der Waals surface area contributed by atoms with Gasteiger partial charge in [-0.25, -0.2) is 0 Å². The van der Waals surface area contributed by atoms with Crippen molar-refractivity contribution in [3.8, 4) is 0 Å². The summed E-state index contributed by atoms with van der Waals surface area (Å²) >= 11 is 0. The van der Waals surface area contributed by atoms with Gasteiger partial charge in [0.1, 0.15) is 0 Å². The number of hydrogen-bond acceptors (Lipinski definition) is 1. The molecule has 0 saturated carbocycles. The Bertz CT molecular complexity index is 356. The summed E-state index contributed by atoms with van der Waals surface area (Å²) in [5.74, 6) is 0.472. The molecule has 0 atom stereocenters. The molecule has 1 aromatic heterocycles. The zero-order valence-corrected chi connectivity index (χ0v) is 8.75. The monoisotopic (exact) mass is 188 g/mol. The summed E-state index contributed by atoms with van der Waals surface area (Å²) in [7, 11) is 0. The molecule has 14 heavy (non-hydrogen) atoms. The first-order valence-electron chi connectivity index (χ1n) is 4.69. The fraction of sp³-hybridized carbons (Fsp3) is 0.250. The predicted molar refractivity (Wildman–Crippen MR) is 61.7 cm³/mol. The van der Waals surface area contributed by atoms with E-state index < -0.39 is 0 Å². The van der Waals surface area contributed by atoms with Crippen LogP contribution in [-0.4, -0.2) is 10.2 Å². The molecule has 74 valence electrons. The molecule has 0 aliphatic carbocycles. The third kappa shape index (κ3) is 2.22. The molecule has 0 aliphatic heterocycles. The molecular formula is C12H16N2. The lowest BCUT2D eigenvalue weighted by atomic mass is 10.0. The number of H-pyrrole nitrogens is 1. The molecule has 1 aromatic rings. The highest BCUT2D eigenvalue weighted by molar-refractivity contribution is 5.64. The van der Waals surface area contributed by atoms with Gasteiger partial charge in [-0.1, -0.05) is 33.1 Å². The number of rotatable bonds is 4. The van der Waals surface area contributed by atoms with E-state index in [0.717, 1.165) is 11.3 Å². The highest BCUT2D eigenvalue weighted by Gasteiger charge is 2.02. The van der Waals surface area contributed by atoms with Gasteiger partial charge in [0.05, 0.1) is 11.9 Å². The van der Waals surface area contributed by atoms with E-state index in [0.29, 0.717) is 5.92 Å². The fourth-order valence-corrected chi connectivity index (χ4v) is 1.22. The van der Waals surface area contributed by atoms with Crippen LogP contribution in [0.25, 0.3) is 12.2 Å². The van der Waals surface area contributed by atoms with Crippen molar-refractivity contribution in [3.63, 3.8) is 0 Å². The van der Waals surface area contributed by atoms with Crippen LogP contribution in [0.15, 0.2) is 31.0 Å². The second-order valence-electron chi connectivity index (χ2n) is 3.45. The van der Waals surface area contributed by atoms with Crippen molar-refractivity contribution in [3.05, 3.63) is 42.3 Å². The van der Waals surface area contributed by atoms with Crippen LogP contribution in [0.2, 0.25) is 0 Å². The molecule has 1 N–H and O–H groups in total. The largest absolute Gasteiger partial charge is 0.278 e. The van der Waals surface area contributed by atoms with Gasteiger partial charge in [-0.15, -0.1) is 0 Å². The summed E-state index contributed by atoms with van der Waals surface area (Å²) in [6, 6.07) is 0. The zero-order chi connectivity index (χ0) is 10.6. The smallest absolute Gasteiger partial charge is 0.0644 e. The molecule has 1 heterocycles. The van der Waals surface area contributed by atoms with Crippen molar-refractivity contribution in [1.82, 2.24) is 10.2 Å². The second kappa shape index (κ2) is 4.61. The average Bonchev–Trinajstić information content (AvgIpc) is 2.60. The molecule has 2 nitrogen and oxygen atoms in total. The third-order valence-electron chi connectivity index (χ3n) is 2.13. The summed E-state index contributed by atoms with van der Waals surface area (Å²) in [6.45, 7) is 11.8. The molecule has 0 spiro atoms. The topological polar surface area (TPSA) is 28.7 Å². The molecule has 0 saturated heterocycles. The van der Waals surface area contributed by atoms with Gasteiger partial charge >= 0.3 is 0 Å². The normalized spacial score (nSPS) is 11.8. The molecule has 0 aromatic carbocycles. The van der Waals surface area contributed by atoms with Gasteiger partial charge in [0.2, 0.25) is 0 Å². The minimum Gasteiger partial charge on any atom is -0.278 e. The van der Waals surface area contributed by atoms with Crippen LogP contribution in [-0.2, 0) is 0 Å². The Morgan fingerprint density at radius 2 is 2.21 bits per heavy atom. The number of aromatic amines is 1. The Morgan fingerprint density at radius 1 is 1.50 bits per heavy atom. The van der Waals surface area contributed by atoms with E-state index in [2.05, 4.69) is 43.3 Å². The maximum Gasteiger partial charge on any atom is 0.0644 e. The number of aromatic nitrogens is 2. The molecule has 0 fully saturated rings. The van der Waals surface area contributed by atoms with E-state index in [9.17, 15) is 0 Å². The van der Waals surface area contributed by atoms with Gasteiger partial charge in [0, 0.05) is 5.56 Å². The molecule has 0 unspecified atom stereocenters. The first-order valence-corrected chi connectivity index (χ1v) is 4.69. The van der Waals surface area contributed by atoms with E-state index in [-0.39, 0.29) is 0 Å². The van der Waals surface area contributed by atoms with Gasteiger partial charge in [-0.05, 0) is 23.6 Å². The maximum atomic E-state index is 3.96. The van der Waals surface area contributed by atoms with E-state index in [4.69, 9.17) is 0 Å². The van der Waals surface area contributed by atoms with Crippen molar-refractivity contribution < 1.29 is 0 Å². The Hall–Kier alpha value is -1.57. The fourth-order valence-electron chi connectivity index (χ4n) is 1.22. The van der Waals surface area contributed by atoms with Crippen LogP contribution < -0.4 is 0 Å². The third-order valence-corrected chi connectivity index (χ3v) is 2.13. The quantitative estimate of drug-likeness (QED) is 0.722. The van der Waals surface area contributed by atoms with E-state index in [1.165, 1.54) is 5.57 Å². The lowest BCUT2D eigenvalue weighted by Crippen LogP contribution is -1.89. The second-order valence-corrected chi connectivity index (χ2v) is 3.45. The summed E-state index contributed by atoms with van der Waals surface area (Å²) in [4.78, 5) is 0. The van der Waals surface area contributed by atoms with Crippen LogP contribution in [0.1, 0.15) is 25.1 Å². The molecule has 1 rings (SSSR count). The van der Waals surface area contributed by atoms with E-state index in [1.54, 1.807) is 12.3 Å². The predicted octanol–water partition coefficient (Wildman–Crippen LogP) is 3.28. The van der Waals surface area contributed by atoms with Crippen LogP contribution in [0.4, 0.5) is 0 Å². The minimum absolute atomic E-state index is 0.472. The van der Waals surface area contributed by atoms with Crippen LogP contribution in [0, 0.1) is 5.92 Å². The van der Waals surface area contributed by atoms with Crippen LogP contribution in [0.3, 0.4) is 0 Å². The standard InChI is InChI=1S/C12H16N2/c1-5-10(9(3)4)7-11-8-13-14-12(11)6-2/h5-9H,1-2H2,3-4H3,(H,13,14)/b10-7+. The highest BCUT2D eigenvalue weighted by atomic mass is 15.1. The molecular weight excluding hydrogens is 172 g/mol. The average molecular weight is 188 g/mol. The van der Waals surface area contributed by atoms with Crippen LogP contribution >= 0.6 is 0 Å². The zero-order valence-electron chi connectivity index (χ0n) is 8.75. The summed E-state index contributed by atoms with van der Waals surface area (Å²) in [6.07, 6.45) is 7.52. The SMILES string of the molecule is C=C/C(=C\c1cn[nH]c1C=C)C(C)C. The maximum absolute atomic E-state index is 3.96. The summed E-state index contributed by atoms with van der Waals surface area (Å²) < 4.78 is 0. The van der Waals surface area contributed by atoms with Gasteiger partial charge in [0.15, 0.2) is 0 Å². The van der Waals surface area contributed by atoms with Gasteiger partial charge < -0.3 is 0 Å². The first-order chi connectivity index (χ1) is 6.69. The van der Waals surface area contributed by atoms with Gasteiger partial charge in [-0.3, -0.25) is 5.10 Å². The lowest BCUT2D eigenvalue weighted by Gasteiger charge is -2.04. The minimum atomic E-state index is 0.472. The molecule has 0 aliphatic rings. The molecule has 2 heteroatoms. The van der Waals surface area contributed by atoms with Crippen molar-refractivity contribution in [2.45, 2.75) is 13.8 Å². The molecule has 0 radical (unpaired) electrons. The van der Waals surface area contributed by atoms with Crippen molar-refractivity contribution in [2.75, 3.05) is 0 Å². The Morgan fingerprint density at radius 3 is 2.71 bits per heavy atom. The number of nitrogens with one attached hydrogen (secondary N) is 1. The van der Waals surface area contributed by atoms with Crippen LogP contribution in [0.5, 0.6) is 0 Å². The Kier molecular flexibility index (Phi) is 3.46. The van der Waals surface area contributed by atoms with Crippen molar-refractivity contribution in [2.24, 2.45) is 5.92 Å². The summed E-state index contributed by atoms with van der Waals surface area (Å²) in [5, 5.41) is 6.84. The molecule has 0 amide bonds. The lowest BCUT2D eigenvalue weighted by molar-refractivity contribution is 0.798. The highest BCUT2D eigenvalue weighted by Crippen LogP contribution is 2.17. The van der Waals surface area contributed by atoms with E-state index >= 15 is 0 Å². The Labute approximate surface area is 85.0 Å². The number of nitrogens with zero attached hydrogens (tertiary/aromatic N) is 1. The number of hydrogen-bond donors (Lipinski definition) is 1. The first kappa shape index (κ1) is 10.5. The van der Waals surface area contributed by atoms with Gasteiger partial charge in [-0.2, -0.15) is 5.10 Å². The van der Waals surface area contributed by atoms with Gasteiger partial charge in [0.25, 0.3) is 0 Å².